The molecule has 7 aromatic carbocycles. The molecule has 0 unspecified atom stereocenters. The second-order valence-electron chi connectivity index (χ2n) is 16.2. The first-order chi connectivity index (χ1) is 28.5. The number of hydrogen-bond acceptors (Lipinski definition) is 2. The molecule has 0 atom stereocenters. The van der Waals surface area contributed by atoms with Gasteiger partial charge in [0.05, 0.1) is 10.2 Å². The van der Waals surface area contributed by atoms with Gasteiger partial charge >= 0.3 is 6.85 Å². The van der Waals surface area contributed by atoms with Gasteiger partial charge in [-0.25, -0.2) is 4.98 Å². The Kier molecular flexibility index (Phi) is 9.85. The van der Waals surface area contributed by atoms with Crippen LogP contribution >= 0.6 is 11.3 Å². The molecule has 0 saturated carbocycles. The molecule has 0 fully saturated rings. The Balaban J connectivity index is 1.43. The van der Waals surface area contributed by atoms with Crippen molar-refractivity contribution in [2.75, 3.05) is 0 Å². The molecule has 2 aromatic heterocycles. The van der Waals surface area contributed by atoms with Crippen molar-refractivity contribution in [1.29, 1.82) is 0 Å². The van der Waals surface area contributed by atoms with Gasteiger partial charge in [-0.1, -0.05) is 89.7 Å². The van der Waals surface area contributed by atoms with Crippen LogP contribution in [0.3, 0.4) is 0 Å². The maximum atomic E-state index is 5.33. The average molecular weight is 777 g/mol. The van der Waals surface area contributed by atoms with Crippen LogP contribution < -0.4 is 0 Å². The summed E-state index contributed by atoms with van der Waals surface area (Å²) in [5, 5.41) is 3.31. The molecule has 4 heteroatoms. The van der Waals surface area contributed by atoms with E-state index in [-0.39, 0.29) is 0 Å². The first kappa shape index (κ1) is 38.0. The molecule has 0 aliphatic heterocycles. The van der Waals surface area contributed by atoms with Crippen molar-refractivity contribution < 1.29 is 0 Å². The van der Waals surface area contributed by atoms with Crippen LogP contribution in [-0.4, -0.2) is 16.3 Å². The molecular weight excluding hydrogens is 731 g/mol. The van der Waals surface area contributed by atoms with Crippen LogP contribution in [-0.2, 0) is 0 Å². The van der Waals surface area contributed by atoms with Crippen LogP contribution in [0.25, 0.3) is 64.8 Å². The number of benzene rings is 7. The van der Waals surface area contributed by atoms with E-state index in [4.69, 9.17) is 4.98 Å². The highest BCUT2D eigenvalue weighted by molar-refractivity contribution is 7.21. The van der Waals surface area contributed by atoms with Gasteiger partial charge in [-0.15, -0.1) is 23.0 Å². The molecule has 59 heavy (non-hydrogen) atoms. The van der Waals surface area contributed by atoms with E-state index in [2.05, 4.69) is 211 Å². The van der Waals surface area contributed by atoms with Gasteiger partial charge in [0, 0.05) is 38.5 Å². The SMILES string of the molecule is Cc1cccc(C#CB(C#Cc2cccc(C)c2)n2c3ccc(-c4c(C)cc(C)cc4C)cc3c3cc(-c4c(C)cc(C)cc4C)cc(-c4nc5ccccc5s4)c32)c1. The van der Waals surface area contributed by atoms with Crippen molar-refractivity contribution in [3.05, 3.63) is 183 Å². The summed E-state index contributed by atoms with van der Waals surface area (Å²) in [7, 11) is 0. The van der Waals surface area contributed by atoms with E-state index in [1.165, 1.54) is 72.1 Å². The van der Waals surface area contributed by atoms with Crippen LogP contribution in [0.2, 0.25) is 0 Å². The maximum absolute atomic E-state index is 5.33. The molecule has 2 nitrogen and oxygen atoms in total. The Labute approximate surface area is 352 Å². The molecule has 9 rings (SSSR count). The van der Waals surface area contributed by atoms with Crippen LogP contribution in [0.4, 0.5) is 0 Å². The Morgan fingerprint density at radius 1 is 0.508 bits per heavy atom. The summed E-state index contributed by atoms with van der Waals surface area (Å²) in [6.07, 6.45) is 0. The maximum Gasteiger partial charge on any atom is 0.434 e. The highest BCUT2D eigenvalue weighted by Crippen LogP contribution is 2.44. The molecule has 0 radical (unpaired) electrons. The van der Waals surface area contributed by atoms with Gasteiger partial charge in [-0.3, -0.25) is 0 Å². The zero-order chi connectivity index (χ0) is 40.9. The number of rotatable bonds is 4. The highest BCUT2D eigenvalue weighted by Gasteiger charge is 2.26. The van der Waals surface area contributed by atoms with Gasteiger partial charge in [0.25, 0.3) is 0 Å². The summed E-state index contributed by atoms with van der Waals surface area (Å²) in [4.78, 5) is 5.33. The number of aromatic nitrogens is 2. The quantitative estimate of drug-likeness (QED) is 0.129. The van der Waals surface area contributed by atoms with Crippen LogP contribution in [0.1, 0.15) is 55.6 Å². The lowest BCUT2D eigenvalue weighted by Gasteiger charge is -2.15. The molecule has 0 bridgehead atoms. The monoisotopic (exact) mass is 776 g/mol. The third-order valence-corrected chi connectivity index (χ3v) is 12.4. The second-order valence-corrected chi connectivity index (χ2v) is 17.3. The second kappa shape index (κ2) is 15.3. The Morgan fingerprint density at radius 3 is 1.64 bits per heavy atom. The third kappa shape index (κ3) is 7.27. The van der Waals surface area contributed by atoms with E-state index >= 15 is 0 Å². The smallest absolute Gasteiger partial charge is 0.361 e. The normalized spacial score (nSPS) is 11.1. The summed E-state index contributed by atoms with van der Waals surface area (Å²) in [5.74, 6) is 14.5. The van der Waals surface area contributed by atoms with E-state index in [0.717, 1.165) is 48.3 Å². The van der Waals surface area contributed by atoms with Crippen molar-refractivity contribution in [3.63, 3.8) is 0 Å². The average Bonchev–Trinajstić information content (AvgIpc) is 3.77. The summed E-state index contributed by atoms with van der Waals surface area (Å²) >= 11 is 1.74. The summed E-state index contributed by atoms with van der Waals surface area (Å²) in [6, 6.07) is 46.2. The van der Waals surface area contributed by atoms with Gasteiger partial charge in [0.15, 0.2) is 0 Å². The molecule has 0 saturated heterocycles. The first-order valence-corrected chi connectivity index (χ1v) is 21.1. The fraction of sp³-hybridized carbons (Fsp3) is 0.145. The highest BCUT2D eigenvalue weighted by atomic mass is 32.1. The van der Waals surface area contributed by atoms with Crippen molar-refractivity contribution >= 4 is 50.2 Å². The zero-order valence-corrected chi connectivity index (χ0v) is 35.8. The van der Waals surface area contributed by atoms with Crippen molar-refractivity contribution in [2.24, 2.45) is 0 Å². The number of thiazole rings is 1. The van der Waals surface area contributed by atoms with Crippen LogP contribution in [0.5, 0.6) is 0 Å². The minimum absolute atomic E-state index is 0.480. The lowest BCUT2D eigenvalue weighted by Crippen LogP contribution is -2.21. The van der Waals surface area contributed by atoms with E-state index in [0.29, 0.717) is 0 Å². The fourth-order valence-electron chi connectivity index (χ4n) is 9.09. The minimum atomic E-state index is -0.480. The number of fused-ring (bicyclic) bond motifs is 4. The summed E-state index contributed by atoms with van der Waals surface area (Å²) < 4.78 is 3.56. The Hall–Kier alpha value is -6.59. The zero-order valence-electron chi connectivity index (χ0n) is 35.0. The van der Waals surface area contributed by atoms with E-state index in [9.17, 15) is 0 Å². The van der Waals surface area contributed by atoms with E-state index < -0.39 is 6.85 Å². The molecule has 284 valence electrons. The summed E-state index contributed by atoms with van der Waals surface area (Å²) in [5.41, 5.74) is 21.1. The number of para-hydroxylation sites is 1. The number of nitrogens with zero attached hydrogens (tertiary/aromatic N) is 2. The van der Waals surface area contributed by atoms with Crippen molar-refractivity contribution in [1.82, 2.24) is 9.46 Å². The van der Waals surface area contributed by atoms with Gasteiger partial charge in [-0.05, 0) is 172 Å². The Morgan fingerprint density at radius 2 is 1.07 bits per heavy atom. The van der Waals surface area contributed by atoms with Gasteiger partial charge in [0.1, 0.15) is 5.01 Å². The van der Waals surface area contributed by atoms with Gasteiger partial charge in [-0.2, -0.15) is 0 Å². The molecule has 0 spiro atoms. The molecule has 9 aromatic rings. The first-order valence-electron chi connectivity index (χ1n) is 20.3. The molecule has 0 aliphatic carbocycles. The predicted molar refractivity (Wildman–Crippen MR) is 255 cm³/mol. The molecule has 0 N–H and O–H groups in total. The molecular formula is C55H45BN2S. The molecule has 0 amide bonds. The van der Waals surface area contributed by atoms with E-state index in [1.54, 1.807) is 11.3 Å². The summed E-state index contributed by atoms with van der Waals surface area (Å²) in [6.45, 7) is 17.0. The molecule has 0 aliphatic rings. The lowest BCUT2D eigenvalue weighted by atomic mass is 9.63. The predicted octanol–water partition coefficient (Wildman–Crippen LogP) is 13.9. The largest absolute Gasteiger partial charge is 0.434 e. The standard InChI is InChI=1S/C55H45BN2S/c1-34-13-11-15-42(29-34)21-23-56(24-22-43-16-12-14-35(2)30-43)58-50-20-19-44(52-38(5)25-36(3)26-39(52)6)31-46(50)47-32-45(53-40(7)27-37(4)28-41(53)8)33-48(54(47)58)55-57-49-17-9-10-18-51(49)59-55/h9-20,25-33H,1-8H3. The van der Waals surface area contributed by atoms with Gasteiger partial charge < -0.3 is 4.48 Å². The van der Waals surface area contributed by atoms with E-state index in [1.807, 2.05) is 0 Å². The van der Waals surface area contributed by atoms with Crippen molar-refractivity contribution in [2.45, 2.75) is 55.4 Å². The lowest BCUT2D eigenvalue weighted by molar-refractivity contribution is 1.32. The molecule has 2 heterocycles. The van der Waals surface area contributed by atoms with Crippen LogP contribution in [0, 0.1) is 78.9 Å². The van der Waals surface area contributed by atoms with Crippen molar-refractivity contribution in [3.8, 4) is 56.3 Å². The minimum Gasteiger partial charge on any atom is -0.361 e. The Bertz CT molecular complexity index is 3140. The number of aryl methyl sites for hydroxylation is 8. The van der Waals surface area contributed by atoms with Crippen LogP contribution in [0.15, 0.2) is 127 Å². The van der Waals surface area contributed by atoms with Gasteiger partial charge in [0.2, 0.25) is 0 Å². The fourth-order valence-corrected chi connectivity index (χ4v) is 10.1. The number of hydrogen-bond donors (Lipinski definition) is 0. The third-order valence-electron chi connectivity index (χ3n) is 11.4. The topological polar surface area (TPSA) is 17.8 Å².